The summed E-state index contributed by atoms with van der Waals surface area (Å²) in [5.41, 5.74) is 0. The highest BCUT2D eigenvalue weighted by Gasteiger charge is 2.24. The van der Waals surface area contributed by atoms with Gasteiger partial charge in [0.25, 0.3) is 11.7 Å². The van der Waals surface area contributed by atoms with E-state index in [0.717, 1.165) is 38.6 Å². The van der Waals surface area contributed by atoms with Crippen molar-refractivity contribution in [2.45, 2.75) is 38.1 Å². The van der Waals surface area contributed by atoms with E-state index in [1.807, 2.05) is 0 Å². The molecule has 2 heterocycles. The van der Waals surface area contributed by atoms with Crippen LogP contribution in [0.15, 0.2) is 4.52 Å². The van der Waals surface area contributed by atoms with Gasteiger partial charge in [-0.3, -0.25) is 4.79 Å². The summed E-state index contributed by atoms with van der Waals surface area (Å²) < 4.78 is 5.10. The van der Waals surface area contributed by atoms with Crippen LogP contribution in [-0.2, 0) is 0 Å². The molecule has 1 aromatic rings. The molecule has 0 spiro atoms. The molecule has 2 N–H and O–H groups in total. The van der Waals surface area contributed by atoms with Crippen molar-refractivity contribution < 1.29 is 9.32 Å². The average Bonchev–Trinajstić information content (AvgIpc) is 3.08. The van der Waals surface area contributed by atoms with Gasteiger partial charge in [0.2, 0.25) is 5.89 Å². The molecule has 0 saturated carbocycles. The van der Waals surface area contributed by atoms with Crippen LogP contribution in [0.1, 0.15) is 54.7 Å². The van der Waals surface area contributed by atoms with Crippen LogP contribution in [0.4, 0.5) is 0 Å². The highest BCUT2D eigenvalue weighted by molar-refractivity contribution is 5.90. The van der Waals surface area contributed by atoms with E-state index >= 15 is 0 Å². The van der Waals surface area contributed by atoms with Crippen molar-refractivity contribution in [3.8, 4) is 12.3 Å². The first-order valence-electron chi connectivity index (χ1n) is 6.60. The third kappa shape index (κ3) is 3.80. The van der Waals surface area contributed by atoms with Gasteiger partial charge in [-0.05, 0) is 32.2 Å². The molecule has 1 aliphatic rings. The lowest BCUT2D eigenvalue weighted by Gasteiger charge is -2.01. The smallest absolute Gasteiger partial charge is 0.292 e. The molecule has 6 nitrogen and oxygen atoms in total. The first-order valence-corrected chi connectivity index (χ1v) is 6.60. The molecule has 0 aromatic carbocycles. The second-order valence-electron chi connectivity index (χ2n) is 4.52. The fraction of sp³-hybridized carbons (Fsp3) is 0.615. The van der Waals surface area contributed by atoms with E-state index in [-0.39, 0.29) is 17.8 Å². The highest BCUT2D eigenvalue weighted by Crippen LogP contribution is 2.20. The van der Waals surface area contributed by atoms with Crippen LogP contribution < -0.4 is 10.6 Å². The predicted molar refractivity (Wildman–Crippen MR) is 69.3 cm³/mol. The average molecular weight is 262 g/mol. The Labute approximate surface area is 112 Å². The summed E-state index contributed by atoms with van der Waals surface area (Å²) >= 11 is 0. The van der Waals surface area contributed by atoms with Gasteiger partial charge in [-0.1, -0.05) is 5.16 Å². The zero-order valence-electron chi connectivity index (χ0n) is 10.8. The molecule has 0 radical (unpaired) electrons. The van der Waals surface area contributed by atoms with Gasteiger partial charge in [0.05, 0.1) is 6.04 Å². The van der Waals surface area contributed by atoms with Crippen LogP contribution in [0.25, 0.3) is 0 Å². The summed E-state index contributed by atoms with van der Waals surface area (Å²) in [6, 6.07) is 0.0877. The molecule has 1 atom stereocenters. The van der Waals surface area contributed by atoms with Crippen molar-refractivity contribution in [2.75, 3.05) is 13.1 Å². The Bertz CT molecular complexity index is 457. The summed E-state index contributed by atoms with van der Waals surface area (Å²) in [5.74, 6) is 2.86. The van der Waals surface area contributed by atoms with Crippen LogP contribution in [0, 0.1) is 12.3 Å². The van der Waals surface area contributed by atoms with Gasteiger partial charge >= 0.3 is 0 Å². The molecule has 19 heavy (non-hydrogen) atoms. The second-order valence-corrected chi connectivity index (χ2v) is 4.52. The van der Waals surface area contributed by atoms with Gasteiger partial charge in [-0.15, -0.1) is 12.3 Å². The minimum absolute atomic E-state index is 0.0877. The number of hydrogen-bond acceptors (Lipinski definition) is 5. The van der Waals surface area contributed by atoms with E-state index in [9.17, 15) is 4.79 Å². The van der Waals surface area contributed by atoms with Crippen molar-refractivity contribution in [2.24, 2.45) is 0 Å². The number of terminal acetylenes is 1. The summed E-state index contributed by atoms with van der Waals surface area (Å²) in [6.45, 7) is 1.52. The predicted octanol–water partition coefficient (Wildman–Crippen LogP) is 1.03. The Hall–Kier alpha value is -1.87. The molecular formula is C13H18N4O2. The molecule has 1 amide bonds. The number of nitrogens with one attached hydrogen (secondary N) is 2. The maximum atomic E-state index is 11.7. The zero-order valence-corrected chi connectivity index (χ0v) is 10.8. The second kappa shape index (κ2) is 6.90. The number of carbonyl (C=O) groups is 1. The normalized spacial score (nSPS) is 18.2. The number of rotatable bonds is 6. The fourth-order valence-electron chi connectivity index (χ4n) is 2.00. The Kier molecular flexibility index (Phi) is 4.93. The van der Waals surface area contributed by atoms with Crippen LogP contribution in [0.5, 0.6) is 0 Å². The topological polar surface area (TPSA) is 80.0 Å². The van der Waals surface area contributed by atoms with Gasteiger partial charge in [-0.25, -0.2) is 0 Å². The van der Waals surface area contributed by atoms with E-state index in [1.165, 1.54) is 0 Å². The molecular weight excluding hydrogens is 244 g/mol. The minimum atomic E-state index is -0.297. The van der Waals surface area contributed by atoms with Crippen LogP contribution in [-0.4, -0.2) is 29.1 Å². The Morgan fingerprint density at radius 3 is 3.21 bits per heavy atom. The number of unbranched alkanes of at least 4 members (excludes halogenated alkanes) is 2. The van der Waals surface area contributed by atoms with Gasteiger partial charge in [0.15, 0.2) is 0 Å². The van der Waals surface area contributed by atoms with E-state index in [4.69, 9.17) is 10.9 Å². The third-order valence-corrected chi connectivity index (χ3v) is 3.04. The number of carbonyl (C=O) groups excluding carboxylic acids is 1. The van der Waals surface area contributed by atoms with Crippen molar-refractivity contribution in [3.05, 3.63) is 11.7 Å². The summed E-state index contributed by atoms with van der Waals surface area (Å²) in [5, 5.41) is 9.70. The van der Waals surface area contributed by atoms with Crippen molar-refractivity contribution in [1.82, 2.24) is 20.8 Å². The summed E-state index contributed by atoms with van der Waals surface area (Å²) in [4.78, 5) is 15.9. The van der Waals surface area contributed by atoms with E-state index in [2.05, 4.69) is 26.7 Å². The highest BCUT2D eigenvalue weighted by atomic mass is 16.5. The fourth-order valence-corrected chi connectivity index (χ4v) is 2.00. The Morgan fingerprint density at radius 1 is 1.58 bits per heavy atom. The largest absolute Gasteiger partial charge is 0.349 e. The molecule has 2 rings (SSSR count). The maximum absolute atomic E-state index is 11.7. The van der Waals surface area contributed by atoms with Gasteiger partial charge in [0.1, 0.15) is 0 Å². The molecule has 1 aromatic heterocycles. The van der Waals surface area contributed by atoms with Gasteiger partial charge < -0.3 is 15.2 Å². The standard InChI is InChI=1S/C13H18N4O2/c1-2-3-4-5-8-15-12(18)11-16-13(19-17-11)10-7-6-9-14-10/h1,10,14H,3-9H2,(H,15,18). The number of aromatic nitrogens is 2. The number of amides is 1. The monoisotopic (exact) mass is 262 g/mol. The van der Waals surface area contributed by atoms with Crippen molar-refractivity contribution >= 4 is 5.91 Å². The molecule has 1 aliphatic heterocycles. The Morgan fingerprint density at radius 2 is 2.47 bits per heavy atom. The first-order chi connectivity index (χ1) is 9.31. The van der Waals surface area contributed by atoms with Gasteiger partial charge in [0, 0.05) is 13.0 Å². The first kappa shape index (κ1) is 13.6. The van der Waals surface area contributed by atoms with E-state index < -0.39 is 0 Å². The molecule has 102 valence electrons. The van der Waals surface area contributed by atoms with Crippen molar-refractivity contribution in [1.29, 1.82) is 0 Å². The summed E-state index contributed by atoms with van der Waals surface area (Å²) in [7, 11) is 0. The van der Waals surface area contributed by atoms with E-state index in [1.54, 1.807) is 0 Å². The zero-order chi connectivity index (χ0) is 13.5. The third-order valence-electron chi connectivity index (χ3n) is 3.04. The molecule has 1 unspecified atom stereocenters. The molecule has 6 heteroatoms. The summed E-state index contributed by atoms with van der Waals surface area (Å²) in [6.07, 6.45) is 9.69. The van der Waals surface area contributed by atoms with Crippen molar-refractivity contribution in [3.63, 3.8) is 0 Å². The van der Waals surface area contributed by atoms with Gasteiger partial charge in [-0.2, -0.15) is 4.98 Å². The molecule has 1 saturated heterocycles. The molecule has 0 bridgehead atoms. The SMILES string of the molecule is C#CCCCCNC(=O)c1noc(C2CCCN2)n1. The molecule has 1 fully saturated rings. The number of nitrogens with zero attached hydrogens (tertiary/aromatic N) is 2. The lowest BCUT2D eigenvalue weighted by molar-refractivity contribution is 0.0939. The maximum Gasteiger partial charge on any atom is 0.292 e. The van der Waals surface area contributed by atoms with Crippen LogP contribution in [0.3, 0.4) is 0 Å². The Balaban J connectivity index is 1.78. The number of hydrogen-bond donors (Lipinski definition) is 2. The van der Waals surface area contributed by atoms with Crippen LogP contribution >= 0.6 is 0 Å². The minimum Gasteiger partial charge on any atom is -0.349 e. The van der Waals surface area contributed by atoms with E-state index in [0.29, 0.717) is 12.4 Å². The lowest BCUT2D eigenvalue weighted by Crippen LogP contribution is -2.25. The van der Waals surface area contributed by atoms with Crippen LogP contribution in [0.2, 0.25) is 0 Å². The molecule has 0 aliphatic carbocycles. The lowest BCUT2D eigenvalue weighted by atomic mass is 10.2. The quantitative estimate of drug-likeness (QED) is 0.591.